The molecule has 5 heteroatoms. The van der Waals surface area contributed by atoms with Crippen LogP contribution in [0.2, 0.25) is 0 Å². The van der Waals surface area contributed by atoms with Crippen LogP contribution in [0.4, 0.5) is 0 Å². The number of nitrogens with zero attached hydrogens (tertiary/aromatic N) is 4. The molecule has 0 N–H and O–H groups in total. The average molecular weight is 326 g/mol. The van der Waals surface area contributed by atoms with E-state index < -0.39 is 0 Å². The van der Waals surface area contributed by atoms with Gasteiger partial charge in [-0.05, 0) is 32.0 Å². The molecule has 0 aliphatic carbocycles. The number of aromatic nitrogens is 2. The molecule has 0 atom stereocenters. The molecule has 1 aliphatic heterocycles. The van der Waals surface area contributed by atoms with Crippen molar-refractivity contribution < 1.29 is 4.79 Å². The molecule has 3 rings (SSSR count). The van der Waals surface area contributed by atoms with Gasteiger partial charge < -0.3 is 9.47 Å². The minimum absolute atomic E-state index is 0.205. The lowest BCUT2D eigenvalue weighted by Crippen LogP contribution is -2.33. The molecule has 1 aliphatic rings. The molecule has 0 saturated heterocycles. The van der Waals surface area contributed by atoms with Crippen LogP contribution in [0.25, 0.3) is 5.69 Å². The highest BCUT2D eigenvalue weighted by Gasteiger charge is 2.21. The van der Waals surface area contributed by atoms with E-state index in [0.717, 1.165) is 32.5 Å². The molecule has 1 amide bonds. The summed E-state index contributed by atoms with van der Waals surface area (Å²) in [7, 11) is 3.63. The van der Waals surface area contributed by atoms with E-state index in [4.69, 9.17) is 0 Å². The maximum atomic E-state index is 11.7. The van der Waals surface area contributed by atoms with Crippen molar-refractivity contribution in [1.29, 1.82) is 0 Å². The van der Waals surface area contributed by atoms with E-state index in [9.17, 15) is 4.79 Å². The van der Waals surface area contributed by atoms with Crippen molar-refractivity contribution in [2.45, 2.75) is 32.7 Å². The van der Waals surface area contributed by atoms with E-state index in [2.05, 4.69) is 45.6 Å². The maximum absolute atomic E-state index is 11.7. The molecule has 128 valence electrons. The lowest BCUT2D eigenvalue weighted by Gasteiger charge is -2.27. The second-order valence-corrected chi connectivity index (χ2v) is 6.76. The number of fused-ring (bicyclic) bond motifs is 1. The summed E-state index contributed by atoms with van der Waals surface area (Å²) < 4.78 is 2.21. The van der Waals surface area contributed by atoms with Gasteiger partial charge in [-0.15, -0.1) is 0 Å². The monoisotopic (exact) mass is 326 g/mol. The summed E-state index contributed by atoms with van der Waals surface area (Å²) >= 11 is 0. The van der Waals surface area contributed by atoms with E-state index in [1.165, 1.54) is 22.6 Å². The number of benzene rings is 1. The summed E-state index contributed by atoms with van der Waals surface area (Å²) in [6.45, 7) is 4.97. The Morgan fingerprint density at radius 3 is 2.71 bits per heavy atom. The fourth-order valence-corrected chi connectivity index (χ4v) is 3.16. The highest BCUT2D eigenvalue weighted by Crippen LogP contribution is 2.22. The second-order valence-electron chi connectivity index (χ2n) is 6.76. The van der Waals surface area contributed by atoms with Crippen molar-refractivity contribution in [3.63, 3.8) is 0 Å². The highest BCUT2D eigenvalue weighted by atomic mass is 16.2. The van der Waals surface area contributed by atoms with E-state index in [1.54, 1.807) is 4.90 Å². The SMILES string of the molecule is Cc1ccc(-n2cnc3c2CCN(CCCC(=O)N(C)C)C3)cc1. The number of hydrogen-bond acceptors (Lipinski definition) is 3. The molecule has 0 unspecified atom stereocenters. The number of rotatable bonds is 5. The molecule has 24 heavy (non-hydrogen) atoms. The van der Waals surface area contributed by atoms with Crippen molar-refractivity contribution in [1.82, 2.24) is 19.4 Å². The van der Waals surface area contributed by atoms with Crippen LogP contribution in [-0.2, 0) is 17.8 Å². The van der Waals surface area contributed by atoms with Gasteiger partial charge in [0.2, 0.25) is 5.91 Å². The molecule has 1 aromatic heterocycles. The van der Waals surface area contributed by atoms with Crippen molar-refractivity contribution in [2.75, 3.05) is 27.2 Å². The van der Waals surface area contributed by atoms with E-state index in [0.29, 0.717) is 6.42 Å². The highest BCUT2D eigenvalue weighted by molar-refractivity contribution is 5.75. The minimum atomic E-state index is 0.205. The van der Waals surface area contributed by atoms with Crippen LogP contribution < -0.4 is 0 Å². The van der Waals surface area contributed by atoms with E-state index >= 15 is 0 Å². The third-order valence-corrected chi connectivity index (χ3v) is 4.67. The molecule has 2 aromatic rings. The number of imidazole rings is 1. The zero-order valence-corrected chi connectivity index (χ0v) is 14.8. The number of carbonyl (C=O) groups is 1. The summed E-state index contributed by atoms with van der Waals surface area (Å²) in [6.07, 6.45) is 4.47. The summed E-state index contributed by atoms with van der Waals surface area (Å²) in [4.78, 5) is 20.3. The van der Waals surface area contributed by atoms with Crippen molar-refractivity contribution >= 4 is 5.91 Å². The Bertz CT molecular complexity index is 703. The van der Waals surface area contributed by atoms with Crippen LogP contribution in [0.3, 0.4) is 0 Å². The fourth-order valence-electron chi connectivity index (χ4n) is 3.16. The predicted octanol–water partition coefficient (Wildman–Crippen LogP) is 2.41. The van der Waals surface area contributed by atoms with Gasteiger partial charge >= 0.3 is 0 Å². The van der Waals surface area contributed by atoms with Gasteiger partial charge in [0, 0.05) is 51.4 Å². The predicted molar refractivity (Wildman–Crippen MR) is 95.2 cm³/mol. The van der Waals surface area contributed by atoms with Crippen LogP contribution in [0, 0.1) is 6.92 Å². The first-order valence-corrected chi connectivity index (χ1v) is 8.59. The quantitative estimate of drug-likeness (QED) is 0.847. The van der Waals surface area contributed by atoms with Crippen LogP contribution in [0.1, 0.15) is 29.8 Å². The summed E-state index contributed by atoms with van der Waals surface area (Å²) in [5.41, 5.74) is 4.94. The molecule has 0 spiro atoms. The molecule has 1 aromatic carbocycles. The van der Waals surface area contributed by atoms with Gasteiger partial charge in [-0.2, -0.15) is 0 Å². The topological polar surface area (TPSA) is 41.4 Å². The average Bonchev–Trinajstić information content (AvgIpc) is 2.98. The lowest BCUT2D eigenvalue weighted by atomic mass is 10.1. The van der Waals surface area contributed by atoms with Gasteiger partial charge in [-0.25, -0.2) is 4.98 Å². The van der Waals surface area contributed by atoms with Gasteiger partial charge in [0.15, 0.2) is 0 Å². The Hall–Kier alpha value is -2.14. The molecular weight excluding hydrogens is 300 g/mol. The minimum Gasteiger partial charge on any atom is -0.349 e. The third kappa shape index (κ3) is 3.67. The summed E-state index contributed by atoms with van der Waals surface area (Å²) in [5.74, 6) is 0.205. The third-order valence-electron chi connectivity index (χ3n) is 4.67. The number of amides is 1. The first-order chi connectivity index (χ1) is 11.5. The van der Waals surface area contributed by atoms with Crippen molar-refractivity contribution in [3.05, 3.63) is 47.5 Å². The van der Waals surface area contributed by atoms with Crippen LogP contribution in [-0.4, -0.2) is 52.4 Å². The Morgan fingerprint density at radius 2 is 2.00 bits per heavy atom. The first kappa shape index (κ1) is 16.7. The Balaban J connectivity index is 1.61. The molecular formula is C19H26N4O. The Labute approximate surface area is 143 Å². The largest absolute Gasteiger partial charge is 0.349 e. The molecule has 0 bridgehead atoms. The standard InChI is InChI=1S/C19H26N4O/c1-15-6-8-16(9-7-15)23-14-20-17-13-22(12-10-18(17)23)11-4-5-19(24)21(2)3/h6-9,14H,4-5,10-13H2,1-3H3. The first-order valence-electron chi connectivity index (χ1n) is 8.59. The summed E-state index contributed by atoms with van der Waals surface area (Å²) in [5, 5.41) is 0. The van der Waals surface area contributed by atoms with Gasteiger partial charge in [-0.1, -0.05) is 17.7 Å². The number of hydrogen-bond donors (Lipinski definition) is 0. The fraction of sp³-hybridized carbons (Fsp3) is 0.474. The molecule has 0 saturated carbocycles. The zero-order valence-electron chi connectivity index (χ0n) is 14.8. The van der Waals surface area contributed by atoms with Crippen molar-refractivity contribution in [3.8, 4) is 5.69 Å². The van der Waals surface area contributed by atoms with Gasteiger partial charge in [0.25, 0.3) is 0 Å². The normalized spacial score (nSPS) is 14.5. The molecule has 0 fully saturated rings. The van der Waals surface area contributed by atoms with Gasteiger partial charge in [-0.3, -0.25) is 9.69 Å². The molecule has 2 heterocycles. The number of carbonyl (C=O) groups excluding carboxylic acids is 1. The number of aryl methyl sites for hydroxylation is 1. The van der Waals surface area contributed by atoms with E-state index in [-0.39, 0.29) is 5.91 Å². The van der Waals surface area contributed by atoms with Crippen molar-refractivity contribution in [2.24, 2.45) is 0 Å². The molecule has 5 nitrogen and oxygen atoms in total. The lowest BCUT2D eigenvalue weighted by molar-refractivity contribution is -0.128. The van der Waals surface area contributed by atoms with Gasteiger partial charge in [0.1, 0.15) is 0 Å². The maximum Gasteiger partial charge on any atom is 0.222 e. The summed E-state index contributed by atoms with van der Waals surface area (Å²) in [6, 6.07) is 8.57. The van der Waals surface area contributed by atoms with Crippen LogP contribution in [0.5, 0.6) is 0 Å². The van der Waals surface area contributed by atoms with Gasteiger partial charge in [0.05, 0.1) is 12.0 Å². The smallest absolute Gasteiger partial charge is 0.222 e. The van der Waals surface area contributed by atoms with Crippen LogP contribution >= 0.6 is 0 Å². The van der Waals surface area contributed by atoms with Crippen LogP contribution in [0.15, 0.2) is 30.6 Å². The second kappa shape index (κ2) is 7.18. The Kier molecular flexibility index (Phi) is 5.00. The van der Waals surface area contributed by atoms with E-state index in [1.807, 2.05) is 20.4 Å². The zero-order chi connectivity index (χ0) is 17.1. The Morgan fingerprint density at radius 1 is 1.25 bits per heavy atom. The molecule has 0 radical (unpaired) electrons.